The van der Waals surface area contributed by atoms with Gasteiger partial charge in [0.1, 0.15) is 0 Å². The van der Waals surface area contributed by atoms with Crippen LogP contribution >= 0.6 is 0 Å². The predicted octanol–water partition coefficient (Wildman–Crippen LogP) is 3.54. The Kier molecular flexibility index (Phi) is 5.01. The van der Waals surface area contributed by atoms with E-state index >= 15 is 0 Å². The van der Waals surface area contributed by atoms with E-state index in [0.29, 0.717) is 17.6 Å². The van der Waals surface area contributed by atoms with Gasteiger partial charge in [-0.1, -0.05) is 37.3 Å². The van der Waals surface area contributed by atoms with Crippen LogP contribution in [0.15, 0.2) is 57.5 Å². The number of rotatable bonds is 3. The molecular weight excluding hydrogens is 295 g/mol. The van der Waals surface area contributed by atoms with Crippen LogP contribution in [0, 0.1) is 22.9 Å². The van der Waals surface area contributed by atoms with E-state index in [1.807, 2.05) is 6.92 Å². The van der Waals surface area contributed by atoms with Crippen molar-refractivity contribution in [2.24, 2.45) is 9.98 Å². The molecule has 0 radical (unpaired) electrons. The number of halogens is 1. The summed E-state index contributed by atoms with van der Waals surface area (Å²) < 4.78 is 20.2. The van der Waals surface area contributed by atoms with Gasteiger partial charge in [-0.3, -0.25) is 0 Å². The molecule has 0 fully saturated rings. The van der Waals surface area contributed by atoms with Gasteiger partial charge in [-0.25, -0.2) is 4.39 Å². The molecule has 1 aromatic rings. The van der Waals surface area contributed by atoms with Crippen LogP contribution < -0.4 is 0 Å². The highest BCUT2D eigenvalue weighted by Crippen LogP contribution is 2.35. The monoisotopic (exact) mass is 308 g/mol. The van der Waals surface area contributed by atoms with Crippen molar-refractivity contribution in [2.75, 3.05) is 7.11 Å². The molecule has 1 aromatic carbocycles. The molecule has 1 aliphatic rings. The summed E-state index contributed by atoms with van der Waals surface area (Å²) in [7, 11) is 1.36. The first-order chi connectivity index (χ1) is 11.2. The molecule has 0 aliphatic heterocycles. The lowest BCUT2D eigenvalue weighted by atomic mass is 9.86. The Hall–Kier alpha value is -3.25. The molecule has 0 bridgehead atoms. The van der Waals surface area contributed by atoms with Crippen molar-refractivity contribution in [3.63, 3.8) is 0 Å². The van der Waals surface area contributed by atoms with Crippen molar-refractivity contribution in [1.82, 2.24) is 0 Å². The first-order valence-corrected chi connectivity index (χ1v) is 6.86. The minimum Gasteiger partial charge on any atom is -0.494 e. The number of methoxy groups -OCH3 is 1. The lowest BCUT2D eigenvalue weighted by Gasteiger charge is -2.23. The average Bonchev–Trinajstić information content (AvgIpc) is 2.58. The normalized spacial score (nSPS) is 18.1. The highest BCUT2D eigenvalue weighted by molar-refractivity contribution is 6.41. The molecule has 0 N–H and O–H groups in total. The van der Waals surface area contributed by atoms with Crippen LogP contribution in [0.1, 0.15) is 18.9 Å². The summed E-state index contributed by atoms with van der Waals surface area (Å²) in [6.45, 7) is 1.83. The van der Waals surface area contributed by atoms with Crippen LogP contribution in [-0.4, -0.2) is 18.5 Å². The molecule has 0 unspecified atom stereocenters. The summed E-state index contributed by atoms with van der Waals surface area (Å²) in [6.07, 6.45) is 3.74. The third kappa shape index (κ3) is 2.88. The molecule has 0 atom stereocenters. The number of nitriles is 2. The Morgan fingerprint density at radius 3 is 2.22 bits per heavy atom. The van der Waals surface area contributed by atoms with Gasteiger partial charge in [-0.15, -0.1) is 0 Å². The predicted molar refractivity (Wildman–Crippen MR) is 84.9 cm³/mol. The molecule has 2 rings (SSSR count). The number of hydrogen-bond donors (Lipinski definition) is 0. The van der Waals surface area contributed by atoms with Gasteiger partial charge >= 0.3 is 0 Å². The fourth-order valence-electron chi connectivity index (χ4n) is 2.46. The van der Waals surface area contributed by atoms with Gasteiger partial charge < -0.3 is 4.74 Å². The van der Waals surface area contributed by atoms with Gasteiger partial charge in [0.25, 0.3) is 0 Å². The second-order valence-corrected chi connectivity index (χ2v) is 4.54. The zero-order valence-electron chi connectivity index (χ0n) is 12.7. The summed E-state index contributed by atoms with van der Waals surface area (Å²) in [6, 6.07) is 8.71. The Morgan fingerprint density at radius 1 is 1.09 bits per heavy atom. The van der Waals surface area contributed by atoms with Crippen molar-refractivity contribution < 1.29 is 9.13 Å². The molecule has 0 spiro atoms. The van der Waals surface area contributed by atoms with E-state index in [9.17, 15) is 4.39 Å². The van der Waals surface area contributed by atoms with E-state index in [4.69, 9.17) is 15.3 Å². The fourth-order valence-corrected chi connectivity index (χ4v) is 2.46. The van der Waals surface area contributed by atoms with Crippen LogP contribution in [0.3, 0.4) is 0 Å². The van der Waals surface area contributed by atoms with Crippen LogP contribution in [-0.2, 0) is 4.74 Å². The molecule has 23 heavy (non-hydrogen) atoms. The third-order valence-electron chi connectivity index (χ3n) is 3.38. The summed E-state index contributed by atoms with van der Waals surface area (Å²) in [4.78, 5) is 7.34. The van der Waals surface area contributed by atoms with Gasteiger partial charge in [0.15, 0.2) is 17.3 Å². The fraction of sp³-hybridized carbons (Fsp3) is 0.176. The minimum absolute atomic E-state index is 0.125. The first kappa shape index (κ1) is 16.1. The number of hydrogen-bond acceptors (Lipinski definition) is 5. The Labute approximate surface area is 133 Å². The lowest BCUT2D eigenvalue weighted by Crippen LogP contribution is -2.23. The van der Waals surface area contributed by atoms with E-state index in [1.54, 1.807) is 42.7 Å². The molecule has 6 heteroatoms. The molecule has 5 nitrogen and oxygen atoms in total. The highest BCUT2D eigenvalue weighted by atomic mass is 19.1. The molecule has 114 valence electrons. The second kappa shape index (κ2) is 7.15. The maximum atomic E-state index is 15.0. The van der Waals surface area contributed by atoms with Gasteiger partial charge in [0, 0.05) is 11.1 Å². The Bertz CT molecular complexity index is 820. The number of aliphatic imine (C=N–C) groups is 2. The summed E-state index contributed by atoms with van der Waals surface area (Å²) in [5.41, 5.74) is 1.24. The SMILES string of the molecule is CCC1=C(OC)C(=NC#N)C(F)=C(c2ccccc2)C1=NC#N. The number of allylic oxidation sites excluding steroid dienone is 3. The maximum Gasteiger partial charge on any atom is 0.206 e. The average molecular weight is 308 g/mol. The molecule has 0 aromatic heterocycles. The van der Waals surface area contributed by atoms with Gasteiger partial charge in [-0.2, -0.15) is 20.5 Å². The summed E-state index contributed by atoms with van der Waals surface area (Å²) >= 11 is 0. The number of ether oxygens (including phenoxy) is 1. The Balaban J connectivity index is 2.85. The van der Waals surface area contributed by atoms with Crippen LogP contribution in [0.2, 0.25) is 0 Å². The number of benzene rings is 1. The summed E-state index contributed by atoms with van der Waals surface area (Å²) in [5, 5.41) is 17.8. The quantitative estimate of drug-likeness (QED) is 0.632. The Morgan fingerprint density at radius 2 is 1.70 bits per heavy atom. The van der Waals surface area contributed by atoms with Gasteiger partial charge in [0.05, 0.1) is 12.8 Å². The van der Waals surface area contributed by atoms with E-state index in [2.05, 4.69) is 9.98 Å². The highest BCUT2D eigenvalue weighted by Gasteiger charge is 2.33. The van der Waals surface area contributed by atoms with Crippen molar-refractivity contribution >= 4 is 17.0 Å². The molecule has 0 saturated carbocycles. The van der Waals surface area contributed by atoms with Gasteiger partial charge in [0.2, 0.25) is 12.4 Å². The van der Waals surface area contributed by atoms with Crippen molar-refractivity contribution in [3.05, 3.63) is 53.1 Å². The molecule has 0 heterocycles. The molecule has 1 aliphatic carbocycles. The van der Waals surface area contributed by atoms with E-state index < -0.39 is 5.83 Å². The zero-order chi connectivity index (χ0) is 16.8. The smallest absolute Gasteiger partial charge is 0.206 e. The van der Waals surface area contributed by atoms with Crippen molar-refractivity contribution in [1.29, 1.82) is 10.5 Å². The van der Waals surface area contributed by atoms with Crippen LogP contribution in [0.4, 0.5) is 4.39 Å². The van der Waals surface area contributed by atoms with Gasteiger partial charge in [-0.05, 0) is 12.0 Å². The first-order valence-electron chi connectivity index (χ1n) is 6.86. The summed E-state index contributed by atoms with van der Waals surface area (Å²) in [5.74, 6) is -0.610. The topological polar surface area (TPSA) is 81.5 Å². The van der Waals surface area contributed by atoms with E-state index in [0.717, 1.165) is 0 Å². The molecule has 0 amide bonds. The van der Waals surface area contributed by atoms with Crippen LogP contribution in [0.25, 0.3) is 5.57 Å². The molecule has 0 saturated heterocycles. The van der Waals surface area contributed by atoms with Crippen LogP contribution in [0.5, 0.6) is 0 Å². The standard InChI is InChI=1S/C17H13FN4O/c1-3-12-15(21-9-19)13(11-7-5-4-6-8-11)14(18)16(22-10-20)17(12)23-2/h4-8H,3H2,1-2H3. The second-order valence-electron chi connectivity index (χ2n) is 4.54. The third-order valence-corrected chi connectivity index (χ3v) is 3.38. The zero-order valence-corrected chi connectivity index (χ0v) is 12.7. The molecular formula is C17H13FN4O. The largest absolute Gasteiger partial charge is 0.494 e. The minimum atomic E-state index is -0.735. The van der Waals surface area contributed by atoms with Crippen molar-refractivity contribution in [2.45, 2.75) is 13.3 Å². The van der Waals surface area contributed by atoms with Crippen molar-refractivity contribution in [3.8, 4) is 12.4 Å². The number of nitrogens with zero attached hydrogens (tertiary/aromatic N) is 4. The lowest BCUT2D eigenvalue weighted by molar-refractivity contribution is 0.310. The van der Waals surface area contributed by atoms with E-state index in [1.165, 1.54) is 7.11 Å². The van der Waals surface area contributed by atoms with E-state index in [-0.39, 0.29) is 22.8 Å². The maximum absolute atomic E-state index is 15.0.